The van der Waals surface area contributed by atoms with Crippen molar-refractivity contribution >= 4 is 28.3 Å². The number of ether oxygens (including phenoxy) is 1. The first-order valence-corrected chi connectivity index (χ1v) is 13.4. The third-order valence-electron chi connectivity index (χ3n) is 6.62. The fourth-order valence-electron chi connectivity index (χ4n) is 4.78. The molecule has 3 aromatic heterocycles. The van der Waals surface area contributed by atoms with Gasteiger partial charge in [-0.05, 0) is 70.5 Å². The number of fused-ring (bicyclic) bond motifs is 2. The number of pyridine rings is 1. The lowest BCUT2D eigenvalue weighted by Crippen LogP contribution is -2.24. The number of aryl methyl sites for hydroxylation is 1. The summed E-state index contributed by atoms with van der Waals surface area (Å²) in [6.07, 6.45) is 1.90. The number of rotatable bonds is 6. The van der Waals surface area contributed by atoms with Crippen LogP contribution in [0.15, 0.2) is 70.0 Å². The fraction of sp³-hybridized carbons (Fsp3) is 0.312. The third kappa shape index (κ3) is 5.34. The van der Waals surface area contributed by atoms with E-state index in [1.54, 1.807) is 12.1 Å². The molecular formula is C32H34N4O4. The van der Waals surface area contributed by atoms with Crippen LogP contribution in [0.1, 0.15) is 80.8 Å². The third-order valence-corrected chi connectivity index (χ3v) is 6.62. The number of hydrogen-bond donors (Lipinski definition) is 1. The van der Waals surface area contributed by atoms with E-state index in [9.17, 15) is 9.59 Å². The van der Waals surface area contributed by atoms with E-state index < -0.39 is 11.6 Å². The van der Waals surface area contributed by atoms with Gasteiger partial charge in [0.05, 0.1) is 17.0 Å². The molecule has 3 heterocycles. The van der Waals surface area contributed by atoms with Crippen LogP contribution in [0.5, 0.6) is 0 Å². The summed E-state index contributed by atoms with van der Waals surface area (Å²) in [7, 11) is 0. The number of nitrogens with one attached hydrogen (secondary N) is 1. The number of carbonyl (C=O) groups excluding carboxylic acids is 1. The van der Waals surface area contributed by atoms with Gasteiger partial charge in [0, 0.05) is 35.0 Å². The van der Waals surface area contributed by atoms with E-state index in [1.165, 1.54) is 6.07 Å². The van der Waals surface area contributed by atoms with Crippen LogP contribution in [-0.2, 0) is 4.74 Å². The lowest BCUT2D eigenvalue weighted by atomic mass is 10.00. The van der Waals surface area contributed by atoms with Gasteiger partial charge in [0.15, 0.2) is 11.1 Å². The largest absolute Gasteiger partial charge is 0.456 e. The Kier molecular flexibility index (Phi) is 6.96. The number of nitrogens with zero attached hydrogens (tertiary/aromatic N) is 3. The summed E-state index contributed by atoms with van der Waals surface area (Å²) >= 11 is 0. The molecule has 5 rings (SSSR count). The molecule has 2 aromatic carbocycles. The zero-order valence-corrected chi connectivity index (χ0v) is 23.9. The number of para-hydroxylation sites is 1. The molecule has 0 saturated heterocycles. The first-order chi connectivity index (χ1) is 18.9. The number of anilines is 1. The fourth-order valence-corrected chi connectivity index (χ4v) is 4.78. The van der Waals surface area contributed by atoms with E-state index in [4.69, 9.17) is 9.15 Å². The van der Waals surface area contributed by atoms with Gasteiger partial charge in [-0.25, -0.2) is 4.79 Å². The van der Waals surface area contributed by atoms with Gasteiger partial charge in [-0.3, -0.25) is 9.20 Å². The Bertz CT molecular complexity index is 1790. The summed E-state index contributed by atoms with van der Waals surface area (Å²) < 4.78 is 14.0. The molecule has 0 aliphatic rings. The average molecular weight is 539 g/mol. The Morgan fingerprint density at radius 1 is 1.02 bits per heavy atom. The maximum atomic E-state index is 13.4. The van der Waals surface area contributed by atoms with Crippen LogP contribution < -0.4 is 10.7 Å². The smallest absolute Gasteiger partial charge is 0.340 e. The molecule has 0 amide bonds. The Morgan fingerprint density at radius 3 is 2.50 bits per heavy atom. The van der Waals surface area contributed by atoms with E-state index >= 15 is 0 Å². The van der Waals surface area contributed by atoms with Gasteiger partial charge in [-0.15, -0.1) is 10.2 Å². The minimum Gasteiger partial charge on any atom is -0.456 e. The highest BCUT2D eigenvalue weighted by Gasteiger charge is 2.22. The normalized spacial score (nSPS) is 12.7. The first kappa shape index (κ1) is 27.1. The Morgan fingerprint density at radius 2 is 1.77 bits per heavy atom. The molecule has 1 atom stereocenters. The highest BCUT2D eigenvalue weighted by atomic mass is 16.6. The van der Waals surface area contributed by atoms with Crippen LogP contribution in [0.3, 0.4) is 0 Å². The van der Waals surface area contributed by atoms with Gasteiger partial charge < -0.3 is 14.5 Å². The van der Waals surface area contributed by atoms with Gasteiger partial charge in [0.25, 0.3) is 0 Å². The molecule has 0 radical (unpaired) electrons. The number of carbonyl (C=O) groups is 1. The van der Waals surface area contributed by atoms with E-state index in [0.29, 0.717) is 28.0 Å². The van der Waals surface area contributed by atoms with Crippen molar-refractivity contribution in [3.63, 3.8) is 0 Å². The van der Waals surface area contributed by atoms with E-state index in [-0.39, 0.29) is 17.4 Å². The Hall–Kier alpha value is -4.46. The van der Waals surface area contributed by atoms with Crippen LogP contribution in [0.25, 0.3) is 27.9 Å². The maximum absolute atomic E-state index is 13.4. The molecule has 0 saturated carbocycles. The zero-order valence-electron chi connectivity index (χ0n) is 23.9. The molecule has 0 aliphatic carbocycles. The molecular weight excluding hydrogens is 504 g/mol. The van der Waals surface area contributed by atoms with Crippen LogP contribution in [0.4, 0.5) is 5.69 Å². The van der Waals surface area contributed by atoms with Crippen molar-refractivity contribution < 1.29 is 13.9 Å². The van der Waals surface area contributed by atoms with Gasteiger partial charge in [0.1, 0.15) is 22.8 Å². The molecule has 206 valence electrons. The van der Waals surface area contributed by atoms with Crippen molar-refractivity contribution in [2.24, 2.45) is 0 Å². The summed E-state index contributed by atoms with van der Waals surface area (Å²) in [5.74, 6) is 1.06. The maximum Gasteiger partial charge on any atom is 0.340 e. The zero-order chi connectivity index (χ0) is 28.8. The quantitative estimate of drug-likeness (QED) is 0.231. The number of benzene rings is 2. The van der Waals surface area contributed by atoms with Crippen LogP contribution in [-0.4, -0.2) is 26.2 Å². The summed E-state index contributed by atoms with van der Waals surface area (Å²) in [5.41, 5.74) is 4.04. The molecule has 0 bridgehead atoms. The first-order valence-electron chi connectivity index (χ1n) is 13.4. The van der Waals surface area contributed by atoms with Crippen molar-refractivity contribution in [3.8, 4) is 11.3 Å². The van der Waals surface area contributed by atoms with Crippen LogP contribution >= 0.6 is 0 Å². The number of aromatic nitrogens is 3. The van der Waals surface area contributed by atoms with E-state index in [0.717, 1.165) is 28.2 Å². The molecule has 1 unspecified atom stereocenters. The predicted octanol–water partition coefficient (Wildman–Crippen LogP) is 7.06. The number of hydrogen-bond acceptors (Lipinski definition) is 7. The second kappa shape index (κ2) is 10.3. The monoisotopic (exact) mass is 538 g/mol. The minimum atomic E-state index is -0.617. The van der Waals surface area contributed by atoms with E-state index in [1.807, 2.05) is 81.6 Å². The second-order valence-electron chi connectivity index (χ2n) is 11.5. The van der Waals surface area contributed by atoms with E-state index in [2.05, 4.69) is 29.4 Å². The highest BCUT2D eigenvalue weighted by Crippen LogP contribution is 2.32. The standard InChI is InChI=1S/C32H34N4O4/c1-18(2)30-35-34-28-13-12-21(17-36(28)30)27-16-26(37)24-15-19(3)14-23(29(24)39-27)20(4)33-25-11-9-8-10-22(25)31(38)40-32(5,6)7/h8-18,20,33H,1-7H3. The van der Waals surface area contributed by atoms with Crippen molar-refractivity contribution in [1.29, 1.82) is 0 Å². The molecule has 5 aromatic rings. The van der Waals surface area contributed by atoms with Gasteiger partial charge >= 0.3 is 5.97 Å². The van der Waals surface area contributed by atoms with Crippen molar-refractivity contribution in [2.45, 2.75) is 66.0 Å². The molecule has 40 heavy (non-hydrogen) atoms. The van der Waals surface area contributed by atoms with Crippen LogP contribution in [0.2, 0.25) is 0 Å². The van der Waals surface area contributed by atoms with Crippen LogP contribution in [0, 0.1) is 6.92 Å². The molecule has 0 fully saturated rings. The summed E-state index contributed by atoms with van der Waals surface area (Å²) in [6.45, 7) is 13.6. The minimum absolute atomic E-state index is 0.129. The summed E-state index contributed by atoms with van der Waals surface area (Å²) in [5, 5.41) is 12.5. The lowest BCUT2D eigenvalue weighted by molar-refractivity contribution is 0.00706. The Balaban J connectivity index is 1.58. The Labute approximate surface area is 233 Å². The summed E-state index contributed by atoms with van der Waals surface area (Å²) in [4.78, 5) is 26.3. The average Bonchev–Trinajstić information content (AvgIpc) is 3.31. The van der Waals surface area contributed by atoms with Crippen molar-refractivity contribution in [1.82, 2.24) is 14.6 Å². The lowest BCUT2D eigenvalue weighted by Gasteiger charge is -2.22. The molecule has 0 aliphatic heterocycles. The van der Waals surface area contributed by atoms with Gasteiger partial charge in [-0.2, -0.15) is 0 Å². The number of esters is 1. The molecule has 1 N–H and O–H groups in total. The highest BCUT2D eigenvalue weighted by molar-refractivity contribution is 5.96. The second-order valence-corrected chi connectivity index (χ2v) is 11.5. The predicted molar refractivity (Wildman–Crippen MR) is 157 cm³/mol. The van der Waals surface area contributed by atoms with Crippen molar-refractivity contribution in [3.05, 3.63) is 93.5 Å². The molecule has 8 heteroatoms. The van der Waals surface area contributed by atoms with Gasteiger partial charge in [-0.1, -0.05) is 32.0 Å². The topological polar surface area (TPSA) is 98.7 Å². The van der Waals surface area contributed by atoms with Crippen molar-refractivity contribution in [2.75, 3.05) is 5.32 Å². The molecule has 8 nitrogen and oxygen atoms in total. The SMILES string of the molecule is Cc1cc(C(C)Nc2ccccc2C(=O)OC(C)(C)C)c2oc(-c3ccc4nnc(C(C)C)n4c3)cc(=O)c2c1. The molecule has 0 spiro atoms. The van der Waals surface area contributed by atoms with Gasteiger partial charge in [0.2, 0.25) is 0 Å². The summed E-state index contributed by atoms with van der Waals surface area (Å²) in [6, 6.07) is 16.1.